The summed E-state index contributed by atoms with van der Waals surface area (Å²) in [4.78, 5) is 14.0. The average Bonchev–Trinajstić information content (AvgIpc) is 2.20. The minimum absolute atomic E-state index is 0.459. The quantitative estimate of drug-likeness (QED) is 0.446. The summed E-state index contributed by atoms with van der Waals surface area (Å²) in [5, 5.41) is 0. The van der Waals surface area contributed by atoms with Crippen molar-refractivity contribution in [3.8, 4) is 5.75 Å². The van der Waals surface area contributed by atoms with E-state index in [1.54, 1.807) is 24.3 Å². The number of hydrogen-bond donors (Lipinski definition) is 1. The van der Waals surface area contributed by atoms with Gasteiger partial charge < -0.3 is 13.6 Å². The van der Waals surface area contributed by atoms with Gasteiger partial charge in [-0.05, 0) is 12.1 Å². The lowest BCUT2D eigenvalue weighted by Crippen LogP contribution is -2.48. The van der Waals surface area contributed by atoms with Crippen molar-refractivity contribution in [2.75, 3.05) is 14.2 Å². The van der Waals surface area contributed by atoms with E-state index in [1.807, 2.05) is 6.07 Å². The summed E-state index contributed by atoms with van der Waals surface area (Å²) in [6.07, 6.45) is 0. The standard InChI is InChI=1S/C8H12O5Si/c1-10-13-14(9,11-2)12-8-6-4-3-5-7-8/h3-7,9H,1-2H3. The average molecular weight is 216 g/mol. The van der Waals surface area contributed by atoms with E-state index in [-0.39, 0.29) is 0 Å². The molecule has 5 nitrogen and oxygen atoms in total. The highest BCUT2D eigenvalue weighted by Gasteiger charge is 2.44. The fourth-order valence-electron chi connectivity index (χ4n) is 0.835. The maximum absolute atomic E-state index is 9.62. The lowest BCUT2D eigenvalue weighted by atomic mass is 10.3. The molecule has 0 aliphatic carbocycles. The summed E-state index contributed by atoms with van der Waals surface area (Å²) >= 11 is 0. The van der Waals surface area contributed by atoms with E-state index >= 15 is 0 Å². The molecule has 78 valence electrons. The Kier molecular flexibility index (Phi) is 4.05. The van der Waals surface area contributed by atoms with Gasteiger partial charge in [-0.25, -0.2) is 4.89 Å². The molecular weight excluding hydrogens is 204 g/mol. The van der Waals surface area contributed by atoms with Gasteiger partial charge in [0.25, 0.3) is 0 Å². The van der Waals surface area contributed by atoms with Crippen molar-refractivity contribution in [1.82, 2.24) is 0 Å². The van der Waals surface area contributed by atoms with Crippen molar-refractivity contribution in [3.63, 3.8) is 0 Å². The zero-order chi connectivity index (χ0) is 10.4. The van der Waals surface area contributed by atoms with Crippen LogP contribution in [-0.4, -0.2) is 28.1 Å². The van der Waals surface area contributed by atoms with Gasteiger partial charge in [0.2, 0.25) is 0 Å². The highest BCUT2D eigenvalue weighted by Crippen LogP contribution is 2.14. The largest absolute Gasteiger partial charge is 0.774 e. The lowest BCUT2D eigenvalue weighted by molar-refractivity contribution is -0.239. The maximum atomic E-state index is 9.62. The third kappa shape index (κ3) is 3.09. The van der Waals surface area contributed by atoms with Crippen LogP contribution in [0.25, 0.3) is 0 Å². The van der Waals surface area contributed by atoms with Gasteiger partial charge in [0, 0.05) is 7.11 Å². The summed E-state index contributed by atoms with van der Waals surface area (Å²) in [5.74, 6) is 0.459. The van der Waals surface area contributed by atoms with Crippen molar-refractivity contribution in [1.29, 1.82) is 0 Å². The Bertz CT molecular complexity index is 268. The molecule has 0 fully saturated rings. The fourth-order valence-corrected chi connectivity index (χ4v) is 1.67. The third-order valence-corrected chi connectivity index (χ3v) is 2.82. The monoisotopic (exact) mass is 216 g/mol. The van der Waals surface area contributed by atoms with Crippen LogP contribution in [0.4, 0.5) is 0 Å². The summed E-state index contributed by atoms with van der Waals surface area (Å²) in [6.45, 7) is 0. The van der Waals surface area contributed by atoms with Gasteiger partial charge in [-0.3, -0.25) is 0 Å². The molecule has 0 aliphatic heterocycles. The second-order valence-electron chi connectivity index (χ2n) is 2.39. The van der Waals surface area contributed by atoms with E-state index in [9.17, 15) is 4.80 Å². The predicted molar refractivity (Wildman–Crippen MR) is 50.1 cm³/mol. The first-order valence-electron chi connectivity index (χ1n) is 3.93. The zero-order valence-electron chi connectivity index (χ0n) is 7.97. The molecule has 0 saturated carbocycles. The second kappa shape index (κ2) is 5.08. The van der Waals surface area contributed by atoms with Crippen LogP contribution in [0, 0.1) is 0 Å². The van der Waals surface area contributed by atoms with E-state index in [2.05, 4.69) is 9.46 Å². The number of benzene rings is 1. The molecule has 1 rings (SSSR count). The van der Waals surface area contributed by atoms with Gasteiger partial charge in [0.05, 0.1) is 7.11 Å². The van der Waals surface area contributed by atoms with Crippen LogP contribution in [0.2, 0.25) is 0 Å². The van der Waals surface area contributed by atoms with Crippen LogP contribution in [-0.2, 0) is 13.9 Å². The normalized spacial score (nSPS) is 14.8. The Morgan fingerprint density at radius 2 is 1.79 bits per heavy atom. The molecule has 0 amide bonds. The Morgan fingerprint density at radius 3 is 2.29 bits per heavy atom. The molecule has 0 bridgehead atoms. The molecular formula is C8H12O5Si. The Morgan fingerprint density at radius 1 is 1.14 bits per heavy atom. The highest BCUT2D eigenvalue weighted by molar-refractivity contribution is 6.52. The molecule has 0 aromatic heterocycles. The number of para-hydroxylation sites is 1. The Hall–Kier alpha value is -0.923. The van der Waals surface area contributed by atoms with Crippen molar-refractivity contribution < 1.29 is 23.1 Å². The highest BCUT2D eigenvalue weighted by atomic mass is 28.4. The fraction of sp³-hybridized carbons (Fsp3) is 0.250. The molecule has 1 N–H and O–H groups in total. The summed E-state index contributed by atoms with van der Waals surface area (Å²) < 4.78 is 14.4. The molecule has 14 heavy (non-hydrogen) atoms. The molecule has 0 saturated heterocycles. The molecule has 1 aromatic rings. The van der Waals surface area contributed by atoms with Crippen LogP contribution in [0.3, 0.4) is 0 Å². The van der Waals surface area contributed by atoms with E-state index in [1.165, 1.54) is 14.2 Å². The van der Waals surface area contributed by atoms with Gasteiger partial charge in [-0.1, -0.05) is 18.2 Å². The number of hydrogen-bond acceptors (Lipinski definition) is 5. The summed E-state index contributed by atoms with van der Waals surface area (Å²) in [7, 11) is -1.13. The predicted octanol–water partition coefficient (Wildman–Crippen LogP) is 0.718. The van der Waals surface area contributed by atoms with Crippen molar-refractivity contribution in [2.45, 2.75) is 0 Å². The Balaban J connectivity index is 2.65. The topological polar surface area (TPSA) is 57.2 Å². The van der Waals surface area contributed by atoms with E-state index < -0.39 is 9.05 Å². The molecule has 1 unspecified atom stereocenters. The molecule has 1 aromatic carbocycles. The number of rotatable bonds is 5. The van der Waals surface area contributed by atoms with Crippen LogP contribution < -0.4 is 4.43 Å². The van der Waals surface area contributed by atoms with Gasteiger partial charge in [0.1, 0.15) is 5.75 Å². The van der Waals surface area contributed by atoms with E-state index in [4.69, 9.17) is 8.85 Å². The van der Waals surface area contributed by atoms with Gasteiger partial charge in [0.15, 0.2) is 0 Å². The Labute approximate surface area is 83.2 Å². The van der Waals surface area contributed by atoms with Crippen LogP contribution >= 0.6 is 0 Å². The van der Waals surface area contributed by atoms with E-state index in [0.717, 1.165) is 0 Å². The minimum atomic E-state index is -3.69. The summed E-state index contributed by atoms with van der Waals surface area (Å²) in [6, 6.07) is 8.72. The van der Waals surface area contributed by atoms with Crippen molar-refractivity contribution in [3.05, 3.63) is 30.3 Å². The minimum Gasteiger partial charge on any atom is -0.479 e. The SMILES string of the molecule is COO[Si](O)(OC)Oc1ccccc1. The zero-order valence-corrected chi connectivity index (χ0v) is 8.97. The lowest BCUT2D eigenvalue weighted by Gasteiger charge is -2.19. The van der Waals surface area contributed by atoms with Gasteiger partial charge in [-0.15, -0.1) is 0 Å². The van der Waals surface area contributed by atoms with Crippen molar-refractivity contribution in [2.24, 2.45) is 0 Å². The second-order valence-corrected chi connectivity index (χ2v) is 4.22. The van der Waals surface area contributed by atoms with E-state index in [0.29, 0.717) is 5.75 Å². The maximum Gasteiger partial charge on any atom is 0.774 e. The summed E-state index contributed by atoms with van der Waals surface area (Å²) in [5.41, 5.74) is 0. The van der Waals surface area contributed by atoms with Crippen molar-refractivity contribution >= 4 is 9.05 Å². The van der Waals surface area contributed by atoms with Crippen LogP contribution in [0.1, 0.15) is 0 Å². The molecule has 0 radical (unpaired) electrons. The third-order valence-electron chi connectivity index (χ3n) is 1.44. The first-order valence-corrected chi connectivity index (χ1v) is 5.61. The first kappa shape index (κ1) is 11.2. The van der Waals surface area contributed by atoms with Crippen LogP contribution in [0.15, 0.2) is 30.3 Å². The van der Waals surface area contributed by atoms with Gasteiger partial charge in [-0.2, -0.15) is 4.58 Å². The molecule has 6 heteroatoms. The van der Waals surface area contributed by atoms with Crippen LogP contribution in [0.5, 0.6) is 5.75 Å². The molecule has 0 spiro atoms. The molecule has 1 atom stereocenters. The molecule has 0 aliphatic rings. The first-order chi connectivity index (χ1) is 6.70. The smallest absolute Gasteiger partial charge is 0.479 e. The van der Waals surface area contributed by atoms with Gasteiger partial charge >= 0.3 is 9.05 Å². The molecule has 0 heterocycles.